The molecule has 0 saturated heterocycles. The Morgan fingerprint density at radius 2 is 1.11 bits per heavy atom. The average Bonchev–Trinajstić information content (AvgIpc) is 2.35. The molecule has 1 nitrogen and oxygen atoms in total. The van der Waals surface area contributed by atoms with E-state index in [1.165, 1.54) is 75.4 Å². The lowest BCUT2D eigenvalue weighted by Crippen LogP contribution is -2.47. The summed E-state index contributed by atoms with van der Waals surface area (Å²) in [5.74, 6) is 0.805. The number of alkyl halides is 1. The van der Waals surface area contributed by atoms with Gasteiger partial charge in [0.25, 0.3) is 0 Å². The van der Waals surface area contributed by atoms with Crippen LogP contribution in [-0.2, 0) is 0 Å². The zero-order chi connectivity index (χ0) is 13.7. The van der Waals surface area contributed by atoms with Crippen molar-refractivity contribution in [2.24, 2.45) is 0 Å². The molecule has 1 atom stereocenters. The smallest absolute Gasteiger partial charge is 0.0922 e. The van der Waals surface area contributed by atoms with E-state index < -0.39 is 0 Å². The highest BCUT2D eigenvalue weighted by molar-refractivity contribution is 6.17. The molecule has 0 heterocycles. The molecule has 0 spiro atoms. The van der Waals surface area contributed by atoms with E-state index in [9.17, 15) is 0 Å². The van der Waals surface area contributed by atoms with Gasteiger partial charge in [0.1, 0.15) is 0 Å². The molecule has 0 aliphatic carbocycles. The van der Waals surface area contributed by atoms with Crippen molar-refractivity contribution in [3.8, 4) is 0 Å². The molecular formula is C16H35ClN+. The van der Waals surface area contributed by atoms with Gasteiger partial charge in [0.2, 0.25) is 0 Å². The van der Waals surface area contributed by atoms with Crippen molar-refractivity contribution in [3.63, 3.8) is 0 Å². The van der Waals surface area contributed by atoms with E-state index in [2.05, 4.69) is 20.9 Å². The van der Waals surface area contributed by atoms with E-state index in [1.807, 2.05) is 0 Å². The number of quaternary nitrogens is 1. The molecule has 0 saturated carbocycles. The lowest BCUT2D eigenvalue weighted by Gasteiger charge is -2.34. The predicted molar refractivity (Wildman–Crippen MR) is 84.4 cm³/mol. The molecule has 0 N–H and O–H groups in total. The van der Waals surface area contributed by atoms with Gasteiger partial charge in [0.15, 0.2) is 0 Å². The molecule has 0 bridgehead atoms. The van der Waals surface area contributed by atoms with Crippen molar-refractivity contribution in [1.29, 1.82) is 0 Å². The molecule has 0 fully saturated rings. The second-order valence-electron chi connectivity index (χ2n) is 5.95. The van der Waals surface area contributed by atoms with E-state index in [0.717, 1.165) is 12.4 Å². The largest absolute Gasteiger partial charge is 0.325 e. The highest BCUT2D eigenvalue weighted by atomic mass is 35.5. The lowest BCUT2D eigenvalue weighted by molar-refractivity contribution is -0.907. The van der Waals surface area contributed by atoms with Gasteiger partial charge in [-0.2, -0.15) is 0 Å². The van der Waals surface area contributed by atoms with Gasteiger partial charge >= 0.3 is 0 Å². The van der Waals surface area contributed by atoms with Crippen LogP contribution >= 0.6 is 11.6 Å². The second kappa shape index (κ2) is 12.3. The first-order valence-corrected chi connectivity index (χ1v) is 8.61. The molecule has 18 heavy (non-hydrogen) atoms. The van der Waals surface area contributed by atoms with Gasteiger partial charge in [-0.3, -0.25) is 0 Å². The van der Waals surface area contributed by atoms with Crippen molar-refractivity contribution >= 4 is 11.6 Å². The molecule has 0 rings (SSSR count). The average molecular weight is 277 g/mol. The third kappa shape index (κ3) is 10.2. The summed E-state index contributed by atoms with van der Waals surface area (Å²) in [5.41, 5.74) is 0. The maximum atomic E-state index is 5.97. The number of rotatable bonds is 13. The summed E-state index contributed by atoms with van der Waals surface area (Å²) in [5, 5.41) is 0. The van der Waals surface area contributed by atoms with E-state index >= 15 is 0 Å². The Morgan fingerprint density at radius 1 is 0.667 bits per heavy atom. The maximum absolute atomic E-state index is 5.97. The van der Waals surface area contributed by atoms with Gasteiger partial charge in [0, 0.05) is 0 Å². The Hall–Kier alpha value is 0.250. The standard InChI is InChI=1S/C16H35ClN/c1-4-6-8-10-12-15-18(3,16-13-17)14-11-9-7-5-2/h4-16H2,1-3H3/q+1. The fourth-order valence-electron chi connectivity index (χ4n) is 2.56. The highest BCUT2D eigenvalue weighted by Crippen LogP contribution is 2.12. The Morgan fingerprint density at radius 3 is 1.56 bits per heavy atom. The summed E-state index contributed by atoms with van der Waals surface area (Å²) in [6.07, 6.45) is 12.4. The van der Waals surface area contributed by atoms with Crippen LogP contribution in [-0.4, -0.2) is 37.0 Å². The van der Waals surface area contributed by atoms with Crippen LogP contribution in [0.5, 0.6) is 0 Å². The third-order valence-corrected chi connectivity index (χ3v) is 4.15. The normalized spacial score (nSPS) is 14.7. The van der Waals surface area contributed by atoms with Gasteiger partial charge in [-0.25, -0.2) is 0 Å². The maximum Gasteiger partial charge on any atom is 0.0922 e. The molecule has 1 unspecified atom stereocenters. The molecular weight excluding hydrogens is 242 g/mol. The van der Waals surface area contributed by atoms with Crippen molar-refractivity contribution in [3.05, 3.63) is 0 Å². The number of nitrogens with zero attached hydrogens (tertiary/aromatic N) is 1. The molecule has 0 radical (unpaired) electrons. The van der Waals surface area contributed by atoms with E-state index in [0.29, 0.717) is 0 Å². The molecule has 0 aliphatic rings. The molecule has 0 aliphatic heterocycles. The third-order valence-electron chi connectivity index (χ3n) is 3.98. The quantitative estimate of drug-likeness (QED) is 0.246. The minimum atomic E-state index is 0.805. The van der Waals surface area contributed by atoms with Crippen LogP contribution in [0.3, 0.4) is 0 Å². The molecule has 0 amide bonds. The molecule has 0 aromatic carbocycles. The summed E-state index contributed by atoms with van der Waals surface area (Å²) >= 11 is 5.97. The summed E-state index contributed by atoms with van der Waals surface area (Å²) in [6, 6.07) is 0. The van der Waals surface area contributed by atoms with Crippen molar-refractivity contribution in [2.45, 2.75) is 71.6 Å². The first-order chi connectivity index (χ1) is 8.68. The van der Waals surface area contributed by atoms with Crippen molar-refractivity contribution in [1.82, 2.24) is 0 Å². The van der Waals surface area contributed by atoms with Gasteiger partial charge in [-0.15, -0.1) is 11.6 Å². The van der Waals surface area contributed by atoms with E-state index in [-0.39, 0.29) is 0 Å². The first kappa shape index (κ1) is 18.2. The molecule has 110 valence electrons. The zero-order valence-corrected chi connectivity index (χ0v) is 13.8. The summed E-state index contributed by atoms with van der Waals surface area (Å²) in [6.45, 7) is 8.34. The second-order valence-corrected chi connectivity index (χ2v) is 6.33. The van der Waals surface area contributed by atoms with Gasteiger partial charge in [0.05, 0.1) is 32.6 Å². The van der Waals surface area contributed by atoms with Crippen LogP contribution in [0, 0.1) is 0 Å². The summed E-state index contributed by atoms with van der Waals surface area (Å²) in [4.78, 5) is 0. The number of unbranched alkanes of at least 4 members (excludes halogenated alkanes) is 7. The number of hydrogen-bond acceptors (Lipinski definition) is 0. The van der Waals surface area contributed by atoms with Crippen LogP contribution < -0.4 is 0 Å². The van der Waals surface area contributed by atoms with Crippen molar-refractivity contribution < 1.29 is 4.48 Å². The Balaban J connectivity index is 3.78. The minimum absolute atomic E-state index is 0.805. The fraction of sp³-hybridized carbons (Fsp3) is 1.00. The minimum Gasteiger partial charge on any atom is -0.325 e. The number of hydrogen-bond donors (Lipinski definition) is 0. The van der Waals surface area contributed by atoms with Crippen LogP contribution in [0.4, 0.5) is 0 Å². The lowest BCUT2D eigenvalue weighted by atomic mass is 10.1. The highest BCUT2D eigenvalue weighted by Gasteiger charge is 2.19. The predicted octanol–water partition coefficient (Wildman–Crippen LogP) is 5.22. The van der Waals surface area contributed by atoms with Gasteiger partial charge in [-0.05, 0) is 25.7 Å². The monoisotopic (exact) mass is 276 g/mol. The topological polar surface area (TPSA) is 0 Å². The SMILES string of the molecule is CCCCCCC[N+](C)(CCCl)CCCCCC. The fourth-order valence-corrected chi connectivity index (χ4v) is 2.96. The Labute approximate surface area is 120 Å². The van der Waals surface area contributed by atoms with Crippen LogP contribution in [0.1, 0.15) is 71.6 Å². The summed E-state index contributed by atoms with van der Waals surface area (Å²) < 4.78 is 1.19. The van der Waals surface area contributed by atoms with Crippen LogP contribution in [0.15, 0.2) is 0 Å². The van der Waals surface area contributed by atoms with Gasteiger partial charge < -0.3 is 4.48 Å². The number of halogens is 1. The Kier molecular flexibility index (Phi) is 12.5. The van der Waals surface area contributed by atoms with Crippen molar-refractivity contribution in [2.75, 3.05) is 32.6 Å². The van der Waals surface area contributed by atoms with E-state index in [1.54, 1.807) is 0 Å². The first-order valence-electron chi connectivity index (χ1n) is 8.08. The Bertz CT molecular complexity index is 172. The van der Waals surface area contributed by atoms with Gasteiger partial charge in [-0.1, -0.05) is 46.0 Å². The molecule has 0 aromatic heterocycles. The van der Waals surface area contributed by atoms with Crippen LogP contribution in [0.2, 0.25) is 0 Å². The molecule has 2 heteroatoms. The van der Waals surface area contributed by atoms with E-state index in [4.69, 9.17) is 11.6 Å². The zero-order valence-electron chi connectivity index (χ0n) is 13.0. The molecule has 0 aromatic rings. The summed E-state index contributed by atoms with van der Waals surface area (Å²) in [7, 11) is 2.40. The van der Waals surface area contributed by atoms with Crippen LogP contribution in [0.25, 0.3) is 0 Å².